The van der Waals surface area contributed by atoms with Crippen LogP contribution in [0.5, 0.6) is 0 Å². The first-order valence-corrected chi connectivity index (χ1v) is 10.1. The summed E-state index contributed by atoms with van der Waals surface area (Å²) in [5.41, 5.74) is 5.42. The Morgan fingerprint density at radius 3 is 1.86 bits per heavy atom. The topological polar surface area (TPSA) is 208 Å². The average Bonchev–Trinajstić information content (AvgIpc) is 2.65. The second-order valence-corrected chi connectivity index (χ2v) is 7.19. The van der Waals surface area contributed by atoms with Crippen LogP contribution in [0.15, 0.2) is 0 Å². The number of aliphatic hydroxyl groups is 1. The maximum Gasteiger partial charge on any atom is 0.326 e. The highest BCUT2D eigenvalue weighted by molar-refractivity contribution is 7.98. The van der Waals surface area contributed by atoms with E-state index in [1.54, 1.807) is 6.26 Å². The molecule has 0 aliphatic heterocycles. The van der Waals surface area contributed by atoms with Crippen LogP contribution < -0.4 is 21.7 Å². The first kappa shape index (κ1) is 26.6. The van der Waals surface area contributed by atoms with Gasteiger partial charge in [-0.2, -0.15) is 11.8 Å². The number of carbonyl (C=O) groups excluding carboxylic acids is 3. The van der Waals surface area contributed by atoms with E-state index in [-0.39, 0.29) is 12.8 Å². The van der Waals surface area contributed by atoms with Crippen molar-refractivity contribution in [2.24, 2.45) is 5.73 Å². The van der Waals surface area contributed by atoms with Gasteiger partial charge in [0.25, 0.3) is 0 Å². The van der Waals surface area contributed by atoms with Gasteiger partial charge in [-0.05, 0) is 31.8 Å². The van der Waals surface area contributed by atoms with Crippen LogP contribution in [0.3, 0.4) is 0 Å². The van der Waals surface area contributed by atoms with Crippen molar-refractivity contribution in [3.8, 4) is 0 Å². The van der Waals surface area contributed by atoms with Crippen molar-refractivity contribution >= 4 is 41.4 Å². The molecule has 0 aromatic rings. The van der Waals surface area contributed by atoms with Gasteiger partial charge in [0.15, 0.2) is 0 Å². The highest BCUT2D eigenvalue weighted by Gasteiger charge is 2.29. The Kier molecular flexibility index (Phi) is 12.6. The monoisotopic (exact) mass is 436 g/mol. The van der Waals surface area contributed by atoms with Gasteiger partial charge < -0.3 is 37.0 Å². The van der Waals surface area contributed by atoms with E-state index in [0.717, 1.165) is 0 Å². The third-order valence-electron chi connectivity index (χ3n) is 3.73. The number of hydrogen-bond donors (Lipinski definition) is 7. The molecule has 8 N–H and O–H groups in total. The summed E-state index contributed by atoms with van der Waals surface area (Å²) < 4.78 is 0. The minimum absolute atomic E-state index is 0.139. The number of nitrogens with one attached hydrogen (secondary N) is 3. The predicted octanol–water partition coefficient (Wildman–Crippen LogP) is -2.52. The molecular weight excluding hydrogens is 408 g/mol. The van der Waals surface area contributed by atoms with E-state index in [1.165, 1.54) is 18.7 Å². The third-order valence-corrected chi connectivity index (χ3v) is 4.38. The van der Waals surface area contributed by atoms with Crippen molar-refractivity contribution in [1.82, 2.24) is 16.0 Å². The highest BCUT2D eigenvalue weighted by atomic mass is 32.2. The lowest BCUT2D eigenvalue weighted by Gasteiger charge is -2.23. The average molecular weight is 436 g/mol. The van der Waals surface area contributed by atoms with E-state index in [9.17, 15) is 29.1 Å². The van der Waals surface area contributed by atoms with E-state index in [1.807, 2.05) is 0 Å². The lowest BCUT2D eigenvalue weighted by atomic mass is 10.1. The minimum Gasteiger partial charge on any atom is -0.481 e. The number of nitrogens with two attached hydrogens (primary N) is 1. The fourth-order valence-corrected chi connectivity index (χ4v) is 2.54. The van der Waals surface area contributed by atoms with Crippen molar-refractivity contribution in [2.45, 2.75) is 50.4 Å². The number of amides is 3. The van der Waals surface area contributed by atoms with E-state index < -0.39 is 66.9 Å². The van der Waals surface area contributed by atoms with Crippen LogP contribution in [-0.4, -0.2) is 87.8 Å². The summed E-state index contributed by atoms with van der Waals surface area (Å²) in [4.78, 5) is 58.4. The molecule has 0 aliphatic rings. The van der Waals surface area contributed by atoms with Gasteiger partial charge >= 0.3 is 11.9 Å². The van der Waals surface area contributed by atoms with Crippen LogP contribution in [0.4, 0.5) is 0 Å². The summed E-state index contributed by atoms with van der Waals surface area (Å²) >= 11 is 1.39. The zero-order valence-electron chi connectivity index (χ0n) is 16.2. The number of aliphatic carboxylic acids is 2. The molecule has 0 spiro atoms. The Morgan fingerprint density at radius 1 is 0.897 bits per heavy atom. The molecule has 0 heterocycles. The predicted molar refractivity (Wildman–Crippen MR) is 104 cm³/mol. The highest BCUT2D eigenvalue weighted by Crippen LogP contribution is 2.03. The number of carboxylic acids is 2. The van der Waals surface area contributed by atoms with Crippen LogP contribution in [0.2, 0.25) is 0 Å². The molecule has 0 rings (SSSR count). The lowest BCUT2D eigenvalue weighted by Crippen LogP contribution is -2.58. The van der Waals surface area contributed by atoms with Gasteiger partial charge in [0.1, 0.15) is 18.1 Å². The zero-order chi connectivity index (χ0) is 22.6. The smallest absolute Gasteiger partial charge is 0.326 e. The quantitative estimate of drug-likeness (QED) is 0.152. The fourth-order valence-electron chi connectivity index (χ4n) is 2.07. The van der Waals surface area contributed by atoms with Crippen molar-refractivity contribution in [3.05, 3.63) is 0 Å². The molecule has 0 saturated heterocycles. The molecule has 4 atom stereocenters. The Bertz CT molecular complexity index is 601. The minimum atomic E-state index is -1.49. The Hall–Kier alpha value is -2.38. The molecular formula is C16H28N4O8S. The van der Waals surface area contributed by atoms with Crippen LogP contribution in [-0.2, 0) is 24.0 Å². The summed E-state index contributed by atoms with van der Waals surface area (Å²) in [6, 6.07) is -4.96. The van der Waals surface area contributed by atoms with Gasteiger partial charge in [-0.3, -0.25) is 19.2 Å². The summed E-state index contributed by atoms with van der Waals surface area (Å²) in [6.45, 7) is 0.533. The molecule has 0 aliphatic carbocycles. The number of rotatable bonds is 14. The van der Waals surface area contributed by atoms with Crippen molar-refractivity contribution in [2.75, 3.05) is 18.6 Å². The van der Waals surface area contributed by atoms with Gasteiger partial charge in [-0.1, -0.05) is 0 Å². The largest absolute Gasteiger partial charge is 0.481 e. The van der Waals surface area contributed by atoms with E-state index in [0.29, 0.717) is 5.75 Å². The fraction of sp³-hybridized carbons (Fsp3) is 0.688. The SMILES string of the molecule is CSCCC(NC(=O)C(CO)NC(=O)C(CCC(=O)O)NC(=O)C(C)N)C(=O)O. The molecule has 4 unspecified atom stereocenters. The molecule has 0 bridgehead atoms. The van der Waals surface area contributed by atoms with Gasteiger partial charge in [0, 0.05) is 6.42 Å². The summed E-state index contributed by atoms with van der Waals surface area (Å²) in [6.07, 6.45) is 1.19. The van der Waals surface area contributed by atoms with E-state index in [2.05, 4.69) is 16.0 Å². The number of carboxylic acid groups (broad SMARTS) is 2. The van der Waals surface area contributed by atoms with E-state index in [4.69, 9.17) is 15.9 Å². The first-order chi connectivity index (χ1) is 13.5. The molecule has 0 aromatic carbocycles. The Balaban J connectivity index is 5.14. The first-order valence-electron chi connectivity index (χ1n) is 8.74. The maximum absolute atomic E-state index is 12.4. The molecule has 29 heavy (non-hydrogen) atoms. The molecule has 0 fully saturated rings. The van der Waals surface area contributed by atoms with Crippen LogP contribution in [0.1, 0.15) is 26.2 Å². The number of hydrogen-bond acceptors (Lipinski definition) is 8. The van der Waals surface area contributed by atoms with Crippen molar-refractivity contribution < 1.29 is 39.3 Å². The molecule has 0 saturated carbocycles. The number of carbonyl (C=O) groups is 5. The molecule has 3 amide bonds. The van der Waals surface area contributed by atoms with Crippen molar-refractivity contribution in [1.29, 1.82) is 0 Å². The molecule has 13 heteroatoms. The summed E-state index contributed by atoms with van der Waals surface area (Å²) in [7, 11) is 0. The van der Waals surface area contributed by atoms with Crippen LogP contribution >= 0.6 is 11.8 Å². The van der Waals surface area contributed by atoms with Crippen molar-refractivity contribution in [3.63, 3.8) is 0 Å². The Morgan fingerprint density at radius 2 is 1.41 bits per heavy atom. The van der Waals surface area contributed by atoms with Gasteiger partial charge in [-0.25, -0.2) is 4.79 Å². The molecule has 0 aromatic heterocycles. The number of aliphatic hydroxyl groups excluding tert-OH is 1. The molecule has 0 radical (unpaired) electrons. The van der Waals surface area contributed by atoms with Gasteiger partial charge in [0.2, 0.25) is 17.7 Å². The van der Waals surface area contributed by atoms with Gasteiger partial charge in [-0.15, -0.1) is 0 Å². The third kappa shape index (κ3) is 10.7. The lowest BCUT2D eigenvalue weighted by molar-refractivity contribution is -0.142. The van der Waals surface area contributed by atoms with Crippen LogP contribution in [0.25, 0.3) is 0 Å². The van der Waals surface area contributed by atoms with E-state index >= 15 is 0 Å². The normalized spacial score (nSPS) is 14.8. The second kappa shape index (κ2) is 13.7. The van der Waals surface area contributed by atoms with Gasteiger partial charge in [0.05, 0.1) is 12.6 Å². The standard InChI is InChI=1S/C16H28N4O8S/c1-8(17)13(24)18-9(3-4-12(22)23)14(25)20-11(7-21)15(26)19-10(16(27)28)5-6-29-2/h8-11,21H,3-7,17H2,1-2H3,(H,18,24)(H,19,26)(H,20,25)(H,22,23)(H,27,28). The summed E-state index contributed by atoms with van der Waals surface area (Å²) in [5, 5.41) is 34.1. The second-order valence-electron chi connectivity index (χ2n) is 6.21. The number of thioether (sulfide) groups is 1. The Labute approximate surface area is 172 Å². The van der Waals surface area contributed by atoms with Crippen LogP contribution in [0, 0.1) is 0 Å². The molecule has 12 nitrogen and oxygen atoms in total. The molecule has 166 valence electrons. The maximum atomic E-state index is 12.4. The zero-order valence-corrected chi connectivity index (χ0v) is 17.0. The summed E-state index contributed by atoms with van der Waals surface area (Å²) in [5.74, 6) is -4.54.